The van der Waals surface area contributed by atoms with Crippen LogP contribution in [0.5, 0.6) is 5.75 Å². The normalized spacial score (nSPS) is 11.0. The molecule has 0 fully saturated rings. The fourth-order valence-electron chi connectivity index (χ4n) is 3.44. The topological polar surface area (TPSA) is 75.3 Å². The molecule has 0 aliphatic carbocycles. The van der Waals surface area contributed by atoms with E-state index in [1.165, 1.54) is 0 Å². The molecule has 2 aromatic carbocycles. The summed E-state index contributed by atoms with van der Waals surface area (Å²) in [6.45, 7) is 4.91. The van der Waals surface area contributed by atoms with Crippen LogP contribution in [0.15, 0.2) is 64.5 Å². The first-order chi connectivity index (χ1) is 16.4. The Morgan fingerprint density at radius 2 is 1.82 bits per heavy atom. The molecule has 180 valence electrons. The van der Waals surface area contributed by atoms with Gasteiger partial charge in [-0.25, -0.2) is 4.98 Å². The second kappa shape index (κ2) is 12.3. The van der Waals surface area contributed by atoms with Gasteiger partial charge in [0.2, 0.25) is 5.91 Å². The SMILES string of the molecule is CCN(Cc1ccc(OCc2ccccc2)cc1)C(=O)CCc1c(C)nc(SC(F)F)[nH]c1=O. The number of rotatable bonds is 11. The van der Waals surface area contributed by atoms with Crippen LogP contribution >= 0.6 is 11.8 Å². The van der Waals surface area contributed by atoms with Crippen molar-refractivity contribution in [3.05, 3.63) is 87.3 Å². The van der Waals surface area contributed by atoms with Crippen molar-refractivity contribution in [1.82, 2.24) is 14.9 Å². The molecular formula is C25H27F2N3O3S. The molecule has 0 saturated carbocycles. The van der Waals surface area contributed by atoms with Crippen molar-refractivity contribution in [2.75, 3.05) is 6.54 Å². The molecule has 0 radical (unpaired) electrons. The van der Waals surface area contributed by atoms with Crippen molar-refractivity contribution in [3.8, 4) is 5.75 Å². The smallest absolute Gasteiger partial charge is 0.291 e. The van der Waals surface area contributed by atoms with Gasteiger partial charge in [-0.15, -0.1) is 0 Å². The predicted molar refractivity (Wildman–Crippen MR) is 128 cm³/mol. The molecule has 3 aromatic rings. The molecule has 0 aliphatic heterocycles. The highest BCUT2D eigenvalue weighted by Crippen LogP contribution is 2.21. The maximum atomic E-state index is 12.8. The highest BCUT2D eigenvalue weighted by atomic mass is 32.2. The second-order valence-corrected chi connectivity index (χ2v) is 8.62. The lowest BCUT2D eigenvalue weighted by Crippen LogP contribution is -2.31. The zero-order chi connectivity index (χ0) is 24.5. The number of benzene rings is 2. The number of nitrogens with one attached hydrogen (secondary N) is 1. The third-order valence-corrected chi connectivity index (χ3v) is 5.86. The number of thioether (sulfide) groups is 1. The van der Waals surface area contributed by atoms with Crippen LogP contribution in [-0.4, -0.2) is 33.1 Å². The van der Waals surface area contributed by atoms with Gasteiger partial charge in [0.15, 0.2) is 5.16 Å². The van der Waals surface area contributed by atoms with Gasteiger partial charge in [0.25, 0.3) is 11.3 Å². The number of halogens is 2. The third-order valence-electron chi connectivity index (χ3n) is 5.27. The molecule has 6 nitrogen and oxygen atoms in total. The number of aromatic amines is 1. The second-order valence-electron chi connectivity index (χ2n) is 7.64. The average Bonchev–Trinajstić information content (AvgIpc) is 2.81. The lowest BCUT2D eigenvalue weighted by Gasteiger charge is -2.21. The molecule has 0 atom stereocenters. The van der Waals surface area contributed by atoms with E-state index in [9.17, 15) is 18.4 Å². The molecule has 0 saturated heterocycles. The van der Waals surface area contributed by atoms with Gasteiger partial charge in [0.1, 0.15) is 12.4 Å². The Hall–Kier alpha value is -3.20. The molecule has 9 heteroatoms. The average molecular weight is 488 g/mol. The minimum Gasteiger partial charge on any atom is -0.489 e. The molecule has 1 N–H and O–H groups in total. The lowest BCUT2D eigenvalue weighted by molar-refractivity contribution is -0.131. The van der Waals surface area contributed by atoms with E-state index in [0.717, 1.165) is 16.9 Å². The van der Waals surface area contributed by atoms with Crippen molar-refractivity contribution in [2.24, 2.45) is 0 Å². The Balaban J connectivity index is 1.55. The number of amides is 1. The predicted octanol–water partition coefficient (Wildman–Crippen LogP) is 4.95. The summed E-state index contributed by atoms with van der Waals surface area (Å²) < 4.78 is 30.8. The number of nitrogens with zero attached hydrogens (tertiary/aromatic N) is 2. The molecule has 1 heterocycles. The summed E-state index contributed by atoms with van der Waals surface area (Å²) in [4.78, 5) is 33.1. The molecule has 1 amide bonds. The van der Waals surface area contributed by atoms with E-state index >= 15 is 0 Å². The van der Waals surface area contributed by atoms with Crippen LogP contribution in [0, 0.1) is 6.92 Å². The van der Waals surface area contributed by atoms with Crippen LogP contribution in [0.1, 0.15) is 35.7 Å². The number of ether oxygens (including phenoxy) is 1. The van der Waals surface area contributed by atoms with Gasteiger partial charge in [-0.05, 0) is 55.3 Å². The summed E-state index contributed by atoms with van der Waals surface area (Å²) in [6.07, 6.45) is 0.314. The van der Waals surface area contributed by atoms with Crippen LogP contribution < -0.4 is 10.3 Å². The summed E-state index contributed by atoms with van der Waals surface area (Å²) in [6, 6.07) is 17.5. The summed E-state index contributed by atoms with van der Waals surface area (Å²) in [5, 5.41) is -0.126. The number of carbonyl (C=O) groups is 1. The molecular weight excluding hydrogens is 460 g/mol. The first kappa shape index (κ1) is 25.4. The van der Waals surface area contributed by atoms with Crippen molar-refractivity contribution in [3.63, 3.8) is 0 Å². The molecule has 34 heavy (non-hydrogen) atoms. The number of hydrogen-bond acceptors (Lipinski definition) is 5. The van der Waals surface area contributed by atoms with Gasteiger partial charge in [-0.3, -0.25) is 9.59 Å². The number of carbonyl (C=O) groups excluding carboxylic acids is 1. The Bertz CT molecular complexity index is 1140. The first-order valence-electron chi connectivity index (χ1n) is 10.9. The number of hydrogen-bond donors (Lipinski definition) is 1. The largest absolute Gasteiger partial charge is 0.489 e. The van der Waals surface area contributed by atoms with Gasteiger partial charge in [-0.2, -0.15) is 8.78 Å². The van der Waals surface area contributed by atoms with Crippen LogP contribution in [-0.2, 0) is 24.4 Å². The minimum absolute atomic E-state index is 0.100. The highest BCUT2D eigenvalue weighted by Gasteiger charge is 2.16. The molecule has 0 unspecified atom stereocenters. The zero-order valence-electron chi connectivity index (χ0n) is 19.1. The van der Waals surface area contributed by atoms with E-state index < -0.39 is 11.3 Å². The van der Waals surface area contributed by atoms with Crippen LogP contribution in [0.2, 0.25) is 0 Å². The van der Waals surface area contributed by atoms with Gasteiger partial charge in [0, 0.05) is 30.8 Å². The molecule has 0 bridgehead atoms. The summed E-state index contributed by atoms with van der Waals surface area (Å²) >= 11 is 0.188. The maximum absolute atomic E-state index is 12.8. The summed E-state index contributed by atoms with van der Waals surface area (Å²) in [7, 11) is 0. The number of alkyl halides is 2. The minimum atomic E-state index is -2.67. The Morgan fingerprint density at radius 3 is 2.44 bits per heavy atom. The van der Waals surface area contributed by atoms with E-state index in [1.807, 2.05) is 61.5 Å². The number of aryl methyl sites for hydroxylation is 1. The summed E-state index contributed by atoms with van der Waals surface area (Å²) in [5.74, 6) is -2.02. The van der Waals surface area contributed by atoms with E-state index in [0.29, 0.717) is 31.0 Å². The first-order valence-corrected chi connectivity index (χ1v) is 11.8. The van der Waals surface area contributed by atoms with Crippen LogP contribution in [0.4, 0.5) is 8.78 Å². The van der Waals surface area contributed by atoms with Gasteiger partial charge < -0.3 is 14.6 Å². The third kappa shape index (κ3) is 7.41. The fourth-order valence-corrected chi connectivity index (χ4v) is 3.95. The summed E-state index contributed by atoms with van der Waals surface area (Å²) in [5.41, 5.74) is 2.25. The quantitative estimate of drug-likeness (QED) is 0.306. The van der Waals surface area contributed by atoms with Gasteiger partial charge in [-0.1, -0.05) is 42.5 Å². The molecule has 3 rings (SSSR count). The Labute approximate surface area is 201 Å². The van der Waals surface area contributed by atoms with E-state index in [2.05, 4.69) is 9.97 Å². The Kier molecular flexibility index (Phi) is 9.21. The van der Waals surface area contributed by atoms with Gasteiger partial charge >= 0.3 is 0 Å². The highest BCUT2D eigenvalue weighted by molar-refractivity contribution is 7.99. The van der Waals surface area contributed by atoms with E-state index in [1.54, 1.807) is 11.8 Å². The van der Waals surface area contributed by atoms with Crippen LogP contribution in [0.25, 0.3) is 0 Å². The molecule has 1 aromatic heterocycles. The van der Waals surface area contributed by atoms with E-state index in [-0.39, 0.29) is 35.7 Å². The zero-order valence-corrected chi connectivity index (χ0v) is 19.9. The maximum Gasteiger partial charge on any atom is 0.291 e. The molecule has 0 aliphatic rings. The van der Waals surface area contributed by atoms with Crippen molar-refractivity contribution >= 4 is 17.7 Å². The van der Waals surface area contributed by atoms with Crippen molar-refractivity contribution in [1.29, 1.82) is 0 Å². The van der Waals surface area contributed by atoms with Gasteiger partial charge in [0.05, 0.1) is 0 Å². The van der Waals surface area contributed by atoms with E-state index in [4.69, 9.17) is 4.74 Å². The monoisotopic (exact) mass is 487 g/mol. The standard InChI is InChI=1S/C25H27F2N3O3S/c1-3-30(15-18-9-11-20(12-10-18)33-16-19-7-5-4-6-8-19)22(31)14-13-21-17(2)28-25(29-23(21)32)34-24(26)27/h4-12,24H,3,13-16H2,1-2H3,(H,28,29,32). The number of aromatic nitrogens is 2. The Morgan fingerprint density at radius 1 is 1.12 bits per heavy atom. The lowest BCUT2D eigenvalue weighted by atomic mass is 10.1. The van der Waals surface area contributed by atoms with Crippen molar-refractivity contribution in [2.45, 2.75) is 50.8 Å². The van der Waals surface area contributed by atoms with Crippen molar-refractivity contribution < 1.29 is 18.3 Å². The number of H-pyrrole nitrogens is 1. The van der Waals surface area contributed by atoms with Crippen LogP contribution in [0.3, 0.4) is 0 Å². The molecule has 0 spiro atoms. The fraction of sp³-hybridized carbons (Fsp3) is 0.320.